The maximum absolute atomic E-state index is 11.7. The van der Waals surface area contributed by atoms with Crippen LogP contribution in [0.1, 0.15) is 29.8 Å². The lowest BCUT2D eigenvalue weighted by molar-refractivity contribution is -0.128. The molecule has 0 spiro atoms. The van der Waals surface area contributed by atoms with E-state index in [1.165, 1.54) is 6.07 Å². The number of amides is 1. The Hall–Kier alpha value is -2.24. The van der Waals surface area contributed by atoms with Crippen molar-refractivity contribution < 1.29 is 14.7 Å². The number of carboxylic acid groups (broad SMARTS) is 1. The SMILES string of the molecule is CNC(=O)C(C)(C)CNc1cc(C)c(N)c(C(=O)O)c1. The number of carbonyl (C=O) groups is 2. The molecule has 1 rings (SSSR count). The lowest BCUT2D eigenvalue weighted by atomic mass is 9.92. The van der Waals surface area contributed by atoms with Gasteiger partial charge in [-0.1, -0.05) is 0 Å². The number of aromatic carboxylic acids is 1. The molecular weight excluding hydrogens is 258 g/mol. The van der Waals surface area contributed by atoms with E-state index in [4.69, 9.17) is 10.8 Å². The normalized spacial score (nSPS) is 11.0. The molecule has 1 amide bonds. The summed E-state index contributed by atoms with van der Waals surface area (Å²) in [5, 5.41) is 14.8. The highest BCUT2D eigenvalue weighted by atomic mass is 16.4. The zero-order chi connectivity index (χ0) is 15.5. The second-order valence-electron chi connectivity index (χ2n) is 5.38. The summed E-state index contributed by atoms with van der Waals surface area (Å²) in [6, 6.07) is 3.24. The Balaban J connectivity index is 2.95. The second-order valence-corrected chi connectivity index (χ2v) is 5.38. The standard InChI is InChI=1S/C14H21N3O3/c1-8-5-9(6-10(11(8)15)12(18)19)17-7-14(2,3)13(20)16-4/h5-6,17H,7,15H2,1-4H3,(H,16,20)(H,18,19). The van der Waals surface area contributed by atoms with E-state index in [0.29, 0.717) is 17.8 Å². The van der Waals surface area contributed by atoms with Crippen molar-refractivity contribution in [1.29, 1.82) is 0 Å². The molecule has 0 aliphatic rings. The highest BCUT2D eigenvalue weighted by Crippen LogP contribution is 2.24. The van der Waals surface area contributed by atoms with Crippen LogP contribution in [0.2, 0.25) is 0 Å². The molecule has 0 saturated carbocycles. The van der Waals surface area contributed by atoms with E-state index in [-0.39, 0.29) is 17.2 Å². The number of anilines is 2. The van der Waals surface area contributed by atoms with E-state index < -0.39 is 11.4 Å². The number of hydrogen-bond acceptors (Lipinski definition) is 4. The van der Waals surface area contributed by atoms with Gasteiger partial charge in [0.15, 0.2) is 0 Å². The molecule has 6 nitrogen and oxygen atoms in total. The Morgan fingerprint density at radius 2 is 1.95 bits per heavy atom. The van der Waals surface area contributed by atoms with Crippen molar-refractivity contribution in [3.8, 4) is 0 Å². The van der Waals surface area contributed by atoms with Crippen molar-refractivity contribution >= 4 is 23.3 Å². The number of nitrogens with one attached hydrogen (secondary N) is 2. The molecule has 1 aromatic rings. The molecule has 0 atom stereocenters. The fraction of sp³-hybridized carbons (Fsp3) is 0.429. The molecule has 1 aromatic carbocycles. The molecule has 0 unspecified atom stereocenters. The van der Waals surface area contributed by atoms with Crippen LogP contribution in [-0.2, 0) is 4.79 Å². The van der Waals surface area contributed by atoms with Crippen LogP contribution in [0.4, 0.5) is 11.4 Å². The first-order chi connectivity index (χ1) is 9.19. The first kappa shape index (κ1) is 15.8. The van der Waals surface area contributed by atoms with Gasteiger partial charge in [-0.2, -0.15) is 0 Å². The molecule has 0 aliphatic carbocycles. The minimum atomic E-state index is -1.07. The van der Waals surface area contributed by atoms with Crippen molar-refractivity contribution in [1.82, 2.24) is 5.32 Å². The van der Waals surface area contributed by atoms with Crippen molar-refractivity contribution in [2.24, 2.45) is 5.41 Å². The first-order valence-electron chi connectivity index (χ1n) is 6.28. The Kier molecular flexibility index (Phi) is 4.60. The van der Waals surface area contributed by atoms with Gasteiger partial charge in [0.25, 0.3) is 0 Å². The molecule has 0 fully saturated rings. The molecule has 6 heteroatoms. The molecule has 0 radical (unpaired) electrons. The van der Waals surface area contributed by atoms with E-state index in [0.717, 1.165) is 0 Å². The van der Waals surface area contributed by atoms with Crippen molar-refractivity contribution in [3.63, 3.8) is 0 Å². The molecule has 0 aliphatic heterocycles. The number of hydrogen-bond donors (Lipinski definition) is 4. The van der Waals surface area contributed by atoms with Crippen molar-refractivity contribution in [2.75, 3.05) is 24.6 Å². The van der Waals surface area contributed by atoms with E-state index in [1.54, 1.807) is 33.9 Å². The van der Waals surface area contributed by atoms with E-state index in [9.17, 15) is 9.59 Å². The molecular formula is C14H21N3O3. The highest BCUT2D eigenvalue weighted by Gasteiger charge is 2.26. The number of nitrogen functional groups attached to an aromatic ring is 1. The Morgan fingerprint density at radius 1 is 1.35 bits per heavy atom. The van der Waals surface area contributed by atoms with Crippen LogP contribution >= 0.6 is 0 Å². The predicted octanol–water partition coefficient (Wildman–Crippen LogP) is 1.46. The number of aryl methyl sites for hydroxylation is 1. The predicted molar refractivity (Wildman–Crippen MR) is 78.9 cm³/mol. The third-order valence-electron chi connectivity index (χ3n) is 3.19. The first-order valence-corrected chi connectivity index (χ1v) is 6.28. The third kappa shape index (κ3) is 3.40. The number of nitrogens with two attached hydrogens (primary N) is 1. The summed E-state index contributed by atoms with van der Waals surface area (Å²) in [7, 11) is 1.58. The summed E-state index contributed by atoms with van der Waals surface area (Å²) >= 11 is 0. The number of rotatable bonds is 5. The maximum atomic E-state index is 11.7. The van der Waals surface area contributed by atoms with Crippen LogP contribution in [0.5, 0.6) is 0 Å². The summed E-state index contributed by atoms with van der Waals surface area (Å²) in [5.74, 6) is -1.16. The molecule has 0 bridgehead atoms. The van der Waals surface area contributed by atoms with Crippen molar-refractivity contribution in [2.45, 2.75) is 20.8 Å². The maximum Gasteiger partial charge on any atom is 0.337 e. The quantitative estimate of drug-likeness (QED) is 0.611. The Labute approximate surface area is 118 Å². The molecule has 0 heterocycles. The molecule has 0 saturated heterocycles. The average molecular weight is 279 g/mol. The lowest BCUT2D eigenvalue weighted by Crippen LogP contribution is -2.39. The zero-order valence-corrected chi connectivity index (χ0v) is 12.2. The number of carbonyl (C=O) groups excluding carboxylic acids is 1. The summed E-state index contributed by atoms with van der Waals surface area (Å²) in [6.45, 7) is 5.74. The summed E-state index contributed by atoms with van der Waals surface area (Å²) in [6.07, 6.45) is 0. The summed E-state index contributed by atoms with van der Waals surface area (Å²) < 4.78 is 0. The van der Waals surface area contributed by atoms with Gasteiger partial charge in [0.1, 0.15) is 0 Å². The van der Waals surface area contributed by atoms with E-state index in [2.05, 4.69) is 10.6 Å². The fourth-order valence-electron chi connectivity index (χ4n) is 1.82. The van der Waals surface area contributed by atoms with E-state index >= 15 is 0 Å². The van der Waals surface area contributed by atoms with Gasteiger partial charge < -0.3 is 21.5 Å². The third-order valence-corrected chi connectivity index (χ3v) is 3.19. The van der Waals surface area contributed by atoms with Crippen LogP contribution < -0.4 is 16.4 Å². The Morgan fingerprint density at radius 3 is 2.45 bits per heavy atom. The monoisotopic (exact) mass is 279 g/mol. The van der Waals surface area contributed by atoms with Gasteiger partial charge >= 0.3 is 5.97 Å². The second kappa shape index (κ2) is 5.81. The summed E-state index contributed by atoms with van der Waals surface area (Å²) in [4.78, 5) is 22.8. The van der Waals surface area contributed by atoms with Gasteiger partial charge in [-0.05, 0) is 38.5 Å². The average Bonchev–Trinajstić information content (AvgIpc) is 2.38. The highest BCUT2D eigenvalue weighted by molar-refractivity contribution is 5.95. The summed E-state index contributed by atoms with van der Waals surface area (Å²) in [5.41, 5.74) is 6.76. The van der Waals surface area contributed by atoms with Crippen molar-refractivity contribution in [3.05, 3.63) is 23.3 Å². The minimum absolute atomic E-state index is 0.0604. The Bertz CT molecular complexity index is 539. The molecule has 20 heavy (non-hydrogen) atoms. The smallest absolute Gasteiger partial charge is 0.337 e. The van der Waals surface area contributed by atoms with Crippen LogP contribution in [0.3, 0.4) is 0 Å². The number of carboxylic acids is 1. The largest absolute Gasteiger partial charge is 0.478 e. The van der Waals surface area contributed by atoms with Crippen LogP contribution in [0, 0.1) is 12.3 Å². The topological polar surface area (TPSA) is 104 Å². The fourth-order valence-corrected chi connectivity index (χ4v) is 1.82. The van der Waals surface area contributed by atoms with Gasteiger partial charge in [0.05, 0.1) is 11.0 Å². The minimum Gasteiger partial charge on any atom is -0.478 e. The van der Waals surface area contributed by atoms with Gasteiger partial charge in [-0.25, -0.2) is 4.79 Å². The van der Waals surface area contributed by atoms with Crippen LogP contribution in [0.25, 0.3) is 0 Å². The molecule has 0 aromatic heterocycles. The molecule has 110 valence electrons. The molecule has 5 N–H and O–H groups in total. The zero-order valence-electron chi connectivity index (χ0n) is 12.2. The number of benzene rings is 1. The van der Waals surface area contributed by atoms with Gasteiger partial charge in [-0.3, -0.25) is 4.79 Å². The van der Waals surface area contributed by atoms with E-state index in [1.807, 2.05) is 0 Å². The van der Waals surface area contributed by atoms with Gasteiger partial charge in [-0.15, -0.1) is 0 Å². The lowest BCUT2D eigenvalue weighted by Gasteiger charge is -2.24. The van der Waals surface area contributed by atoms with Gasteiger partial charge in [0, 0.05) is 25.0 Å². The van der Waals surface area contributed by atoms with Crippen LogP contribution in [0.15, 0.2) is 12.1 Å². The van der Waals surface area contributed by atoms with Crippen LogP contribution in [-0.4, -0.2) is 30.6 Å². The van der Waals surface area contributed by atoms with Gasteiger partial charge in [0.2, 0.25) is 5.91 Å².